The van der Waals surface area contributed by atoms with Gasteiger partial charge in [-0.15, -0.1) is 11.8 Å². The normalized spacial score (nSPS) is 14.3. The Morgan fingerprint density at radius 2 is 2.20 bits per heavy atom. The molecule has 0 saturated carbocycles. The molecule has 1 aliphatic rings. The Balaban J connectivity index is 2.24. The van der Waals surface area contributed by atoms with E-state index in [-0.39, 0.29) is 5.03 Å². The van der Waals surface area contributed by atoms with E-state index in [1.54, 1.807) is 11.8 Å². The summed E-state index contributed by atoms with van der Waals surface area (Å²) in [5.74, 6) is 1.70. The molecule has 2 heterocycles. The third-order valence-electron chi connectivity index (χ3n) is 2.42. The second-order valence-corrected chi connectivity index (χ2v) is 6.40. The van der Waals surface area contributed by atoms with Crippen molar-refractivity contribution in [3.05, 3.63) is 32.5 Å². The standard InChI is InChI=1S/C9H8N4O4S3/c14-12(15)6-3-7(13(16)17)8(10-4-6)20-9(18)11-1-2-19-5-11/h3-4H,1-2,5H2. The van der Waals surface area contributed by atoms with Crippen LogP contribution in [0.15, 0.2) is 17.3 Å². The summed E-state index contributed by atoms with van der Waals surface area (Å²) in [6, 6.07) is 0.899. The molecule has 0 radical (unpaired) electrons. The van der Waals surface area contributed by atoms with Gasteiger partial charge >= 0.3 is 5.69 Å². The Hall–Kier alpha value is -1.46. The minimum absolute atomic E-state index is 0.0718. The van der Waals surface area contributed by atoms with Gasteiger partial charge in [-0.1, -0.05) is 12.2 Å². The summed E-state index contributed by atoms with van der Waals surface area (Å²) >= 11 is 7.91. The van der Waals surface area contributed by atoms with Gasteiger partial charge in [-0.3, -0.25) is 20.2 Å². The Kier molecular flexibility index (Phi) is 4.73. The van der Waals surface area contributed by atoms with Gasteiger partial charge in [0.15, 0.2) is 5.03 Å². The first-order valence-corrected chi connectivity index (χ1v) is 7.70. The Labute approximate surface area is 127 Å². The third kappa shape index (κ3) is 3.35. The van der Waals surface area contributed by atoms with Crippen LogP contribution in [0.3, 0.4) is 0 Å². The molecule has 11 heteroatoms. The van der Waals surface area contributed by atoms with Gasteiger partial charge in [0.05, 0.1) is 21.8 Å². The van der Waals surface area contributed by atoms with Crippen molar-refractivity contribution in [3.63, 3.8) is 0 Å². The molecule has 0 amide bonds. The topological polar surface area (TPSA) is 102 Å². The van der Waals surface area contributed by atoms with Crippen LogP contribution in [0.25, 0.3) is 0 Å². The Morgan fingerprint density at radius 3 is 2.75 bits per heavy atom. The van der Waals surface area contributed by atoms with Crippen molar-refractivity contribution in [1.29, 1.82) is 0 Å². The number of rotatable bonds is 3. The molecule has 20 heavy (non-hydrogen) atoms. The molecule has 0 N–H and O–H groups in total. The molecule has 1 aromatic heterocycles. The van der Waals surface area contributed by atoms with Gasteiger partial charge in [-0.2, -0.15) is 0 Å². The molecule has 8 nitrogen and oxygen atoms in total. The SMILES string of the molecule is O=[N+]([O-])c1cnc(SC(=S)N2CCSC2)c([N+](=O)[O-])c1. The lowest BCUT2D eigenvalue weighted by atomic mass is 10.4. The lowest BCUT2D eigenvalue weighted by Gasteiger charge is -2.15. The molecule has 0 aromatic carbocycles. The maximum atomic E-state index is 11.0. The molecule has 1 saturated heterocycles. The van der Waals surface area contributed by atoms with Crippen LogP contribution in [-0.2, 0) is 0 Å². The molecule has 1 aromatic rings. The highest BCUT2D eigenvalue weighted by molar-refractivity contribution is 8.23. The van der Waals surface area contributed by atoms with Gasteiger partial charge in [0, 0.05) is 12.3 Å². The van der Waals surface area contributed by atoms with Crippen molar-refractivity contribution in [2.75, 3.05) is 18.2 Å². The molecule has 0 atom stereocenters. The largest absolute Gasteiger partial charge is 0.347 e. The lowest BCUT2D eigenvalue weighted by Crippen LogP contribution is -2.23. The van der Waals surface area contributed by atoms with E-state index < -0.39 is 21.2 Å². The molecule has 106 valence electrons. The van der Waals surface area contributed by atoms with Gasteiger partial charge < -0.3 is 4.90 Å². The number of hydrogen-bond acceptors (Lipinski definition) is 8. The monoisotopic (exact) mass is 332 g/mol. The number of nitrogens with zero attached hydrogens (tertiary/aromatic N) is 4. The van der Waals surface area contributed by atoms with Crippen LogP contribution in [-0.4, -0.2) is 42.2 Å². The zero-order chi connectivity index (χ0) is 14.7. The Bertz CT molecular complexity index is 576. The fraction of sp³-hybridized carbons (Fsp3) is 0.333. The number of hydrogen-bond donors (Lipinski definition) is 0. The number of pyridine rings is 1. The van der Waals surface area contributed by atoms with Crippen LogP contribution in [0.5, 0.6) is 0 Å². The van der Waals surface area contributed by atoms with Crippen LogP contribution in [0.4, 0.5) is 11.4 Å². The van der Waals surface area contributed by atoms with Crippen LogP contribution >= 0.6 is 35.7 Å². The summed E-state index contributed by atoms with van der Waals surface area (Å²) in [6.45, 7) is 0.789. The number of nitro groups is 2. The maximum Gasteiger partial charge on any atom is 0.308 e. The molecule has 0 spiro atoms. The van der Waals surface area contributed by atoms with Gasteiger partial charge in [-0.05, 0) is 11.8 Å². The fourth-order valence-electron chi connectivity index (χ4n) is 1.44. The van der Waals surface area contributed by atoms with Crippen LogP contribution in [0.1, 0.15) is 0 Å². The van der Waals surface area contributed by atoms with Gasteiger partial charge in [0.1, 0.15) is 10.5 Å². The lowest BCUT2D eigenvalue weighted by molar-refractivity contribution is -0.396. The summed E-state index contributed by atoms with van der Waals surface area (Å²) in [5, 5.41) is 21.7. The fourth-order valence-corrected chi connectivity index (χ4v) is 3.75. The smallest absolute Gasteiger partial charge is 0.308 e. The summed E-state index contributed by atoms with van der Waals surface area (Å²) in [7, 11) is 0. The number of aromatic nitrogens is 1. The predicted molar refractivity (Wildman–Crippen MR) is 80.0 cm³/mol. The zero-order valence-electron chi connectivity index (χ0n) is 9.92. The maximum absolute atomic E-state index is 11.0. The van der Waals surface area contributed by atoms with Crippen molar-refractivity contribution < 1.29 is 9.85 Å². The molecular formula is C9H8N4O4S3. The minimum atomic E-state index is -0.718. The molecule has 1 fully saturated rings. The van der Waals surface area contributed by atoms with E-state index >= 15 is 0 Å². The van der Waals surface area contributed by atoms with Crippen molar-refractivity contribution in [2.24, 2.45) is 0 Å². The van der Waals surface area contributed by atoms with Crippen LogP contribution < -0.4 is 0 Å². The van der Waals surface area contributed by atoms with Crippen molar-refractivity contribution >= 4 is 51.4 Å². The Morgan fingerprint density at radius 1 is 1.45 bits per heavy atom. The second-order valence-electron chi connectivity index (χ2n) is 3.70. The first kappa shape index (κ1) is 14.9. The van der Waals surface area contributed by atoms with Crippen LogP contribution in [0, 0.1) is 20.2 Å². The average Bonchev–Trinajstić information content (AvgIpc) is 2.92. The molecule has 0 aliphatic carbocycles. The van der Waals surface area contributed by atoms with Gasteiger partial charge in [-0.25, -0.2) is 4.98 Å². The van der Waals surface area contributed by atoms with Gasteiger partial charge in [0.2, 0.25) is 0 Å². The molecule has 2 rings (SSSR count). The van der Waals surface area contributed by atoms with E-state index in [0.717, 1.165) is 42.2 Å². The summed E-state index contributed by atoms with van der Waals surface area (Å²) < 4.78 is 0.486. The number of thioether (sulfide) groups is 2. The van der Waals surface area contributed by atoms with Crippen molar-refractivity contribution in [2.45, 2.75) is 5.03 Å². The summed E-state index contributed by atoms with van der Waals surface area (Å²) in [5.41, 5.74) is -0.818. The highest BCUT2D eigenvalue weighted by Gasteiger charge is 2.25. The van der Waals surface area contributed by atoms with E-state index in [2.05, 4.69) is 4.98 Å². The predicted octanol–water partition coefficient (Wildman–Crippen LogP) is 2.28. The van der Waals surface area contributed by atoms with Gasteiger partial charge in [0.25, 0.3) is 5.69 Å². The first-order valence-electron chi connectivity index (χ1n) is 5.32. The highest BCUT2D eigenvalue weighted by atomic mass is 32.2. The van der Waals surface area contributed by atoms with Crippen molar-refractivity contribution in [1.82, 2.24) is 9.88 Å². The van der Waals surface area contributed by atoms with E-state index in [4.69, 9.17) is 12.2 Å². The van der Waals surface area contributed by atoms with E-state index in [1.165, 1.54) is 0 Å². The van der Waals surface area contributed by atoms with Crippen molar-refractivity contribution in [3.8, 4) is 0 Å². The molecule has 1 aliphatic heterocycles. The molecule has 0 bridgehead atoms. The first-order chi connectivity index (χ1) is 9.49. The average molecular weight is 332 g/mol. The zero-order valence-corrected chi connectivity index (χ0v) is 12.4. The highest BCUT2D eigenvalue weighted by Crippen LogP contribution is 2.32. The molecular weight excluding hydrogens is 324 g/mol. The summed E-state index contributed by atoms with van der Waals surface area (Å²) in [4.78, 5) is 25.9. The minimum Gasteiger partial charge on any atom is -0.347 e. The van der Waals surface area contributed by atoms with E-state index in [1.807, 2.05) is 4.90 Å². The van der Waals surface area contributed by atoms with Crippen LogP contribution in [0.2, 0.25) is 0 Å². The quantitative estimate of drug-likeness (QED) is 0.357. The third-order valence-corrected chi connectivity index (χ3v) is 4.83. The van der Waals surface area contributed by atoms with E-state index in [9.17, 15) is 20.2 Å². The molecule has 0 unspecified atom stereocenters. The summed E-state index contributed by atoms with van der Waals surface area (Å²) in [6.07, 6.45) is 0.997. The second kappa shape index (κ2) is 6.33. The number of thiocarbonyl (C=S) groups is 1. The van der Waals surface area contributed by atoms with E-state index in [0.29, 0.717) is 4.32 Å².